The van der Waals surface area contributed by atoms with Crippen LogP contribution in [-0.2, 0) is 11.2 Å². The first-order chi connectivity index (χ1) is 15.2. The predicted molar refractivity (Wildman–Crippen MR) is 123 cm³/mol. The van der Waals surface area contributed by atoms with E-state index in [9.17, 15) is 19.7 Å². The molecule has 0 saturated carbocycles. The van der Waals surface area contributed by atoms with Crippen LogP contribution in [0.3, 0.4) is 0 Å². The third-order valence-electron chi connectivity index (χ3n) is 4.66. The molecule has 1 rings (SSSR count). The number of hydrogen-bond acceptors (Lipinski definition) is 5. The fourth-order valence-electron chi connectivity index (χ4n) is 2.86. The van der Waals surface area contributed by atoms with Crippen LogP contribution in [0.1, 0.15) is 68.8 Å². The molecule has 0 spiro atoms. The number of amides is 2. The summed E-state index contributed by atoms with van der Waals surface area (Å²) in [6.45, 7) is 8.12. The molecule has 1 atom stereocenters. The number of guanidine groups is 1. The lowest BCUT2D eigenvalue weighted by Crippen LogP contribution is -2.46. The van der Waals surface area contributed by atoms with E-state index in [4.69, 9.17) is 5.41 Å². The van der Waals surface area contributed by atoms with Gasteiger partial charge >= 0.3 is 0 Å². The van der Waals surface area contributed by atoms with Crippen molar-refractivity contribution in [3.63, 3.8) is 0 Å². The maximum atomic E-state index is 12.7. The topological polar surface area (TPSA) is 149 Å². The first-order valence-corrected chi connectivity index (χ1v) is 11.0. The molecule has 1 aromatic carbocycles. The van der Waals surface area contributed by atoms with Gasteiger partial charge in [-0.1, -0.05) is 44.8 Å². The maximum absolute atomic E-state index is 12.7. The Labute approximate surface area is 189 Å². The van der Waals surface area contributed by atoms with Gasteiger partial charge < -0.3 is 16.0 Å². The van der Waals surface area contributed by atoms with Crippen LogP contribution in [0.25, 0.3) is 0 Å². The Balaban J connectivity index is 2.67. The largest absolute Gasteiger partial charge is 0.352 e. The number of benzene rings is 1. The van der Waals surface area contributed by atoms with Crippen LogP contribution in [0, 0.1) is 28.0 Å². The molecule has 0 saturated heterocycles. The van der Waals surface area contributed by atoms with Gasteiger partial charge in [0.2, 0.25) is 5.91 Å². The van der Waals surface area contributed by atoms with E-state index in [1.807, 2.05) is 26.0 Å². The highest BCUT2D eigenvalue weighted by atomic mass is 16.7. The first kappa shape index (κ1) is 26.9. The number of rotatable bonds is 14. The summed E-state index contributed by atoms with van der Waals surface area (Å²) in [6, 6.07) is 6.59. The molecule has 5 N–H and O–H groups in total. The molecule has 0 heterocycles. The van der Waals surface area contributed by atoms with Gasteiger partial charge in [-0.2, -0.15) is 0 Å². The zero-order chi connectivity index (χ0) is 23.9. The summed E-state index contributed by atoms with van der Waals surface area (Å²) in [4.78, 5) is 35.6. The van der Waals surface area contributed by atoms with Gasteiger partial charge in [0, 0.05) is 18.7 Å². The van der Waals surface area contributed by atoms with E-state index in [0.717, 1.165) is 24.8 Å². The Morgan fingerprint density at radius 2 is 1.88 bits per heavy atom. The number of aryl methyl sites for hydroxylation is 1. The minimum Gasteiger partial charge on any atom is -0.352 e. The summed E-state index contributed by atoms with van der Waals surface area (Å²) in [6.07, 6.45) is 4.58. The van der Waals surface area contributed by atoms with Crippen LogP contribution >= 0.6 is 0 Å². The quantitative estimate of drug-likeness (QED) is 0.0972. The molecule has 0 unspecified atom stereocenters. The van der Waals surface area contributed by atoms with E-state index in [2.05, 4.69) is 22.9 Å². The number of carbonyl (C=O) groups excluding carboxylic acids is 2. The van der Waals surface area contributed by atoms with Crippen LogP contribution in [0.5, 0.6) is 0 Å². The molecule has 0 fully saturated rings. The summed E-state index contributed by atoms with van der Waals surface area (Å²) >= 11 is 0. The molecule has 2 amide bonds. The van der Waals surface area contributed by atoms with Crippen molar-refractivity contribution >= 4 is 17.8 Å². The van der Waals surface area contributed by atoms with E-state index < -0.39 is 17.0 Å². The third kappa shape index (κ3) is 11.3. The van der Waals surface area contributed by atoms with Gasteiger partial charge in [-0.3, -0.25) is 15.0 Å². The molecule has 10 nitrogen and oxygen atoms in total. The van der Waals surface area contributed by atoms with E-state index in [1.54, 1.807) is 24.1 Å². The van der Waals surface area contributed by atoms with Crippen molar-refractivity contribution in [2.45, 2.75) is 65.3 Å². The predicted octanol–water partition coefficient (Wildman–Crippen LogP) is 2.54. The maximum Gasteiger partial charge on any atom is 0.251 e. The van der Waals surface area contributed by atoms with Gasteiger partial charge in [-0.15, -0.1) is 0 Å². The number of hydrogen-bond donors (Lipinski definition) is 5. The Hall–Kier alpha value is -3.17. The van der Waals surface area contributed by atoms with Gasteiger partial charge in [0.15, 0.2) is 5.03 Å². The minimum absolute atomic E-state index is 0.237. The molecule has 0 aromatic heterocycles. The average Bonchev–Trinajstić information content (AvgIpc) is 2.73. The van der Waals surface area contributed by atoms with Crippen LogP contribution in [-0.4, -0.2) is 35.4 Å². The summed E-state index contributed by atoms with van der Waals surface area (Å²) in [7, 11) is 0. The smallest absolute Gasteiger partial charge is 0.251 e. The van der Waals surface area contributed by atoms with Gasteiger partial charge in [0.1, 0.15) is 6.04 Å². The van der Waals surface area contributed by atoms with Crippen molar-refractivity contribution in [3.05, 3.63) is 52.1 Å². The molecule has 1 radical (unpaired) electrons. The molecular weight excluding hydrogens is 412 g/mol. The first-order valence-electron chi connectivity index (χ1n) is 11.0. The van der Waals surface area contributed by atoms with Crippen molar-refractivity contribution in [1.82, 2.24) is 21.4 Å². The molecule has 0 aliphatic carbocycles. The third-order valence-corrected chi connectivity index (χ3v) is 4.66. The Kier molecular flexibility index (Phi) is 12.4. The molecule has 0 aliphatic rings. The lowest BCUT2D eigenvalue weighted by Gasteiger charge is -2.19. The van der Waals surface area contributed by atoms with Crippen molar-refractivity contribution in [2.24, 2.45) is 5.92 Å². The number of nitro groups is 1. The Morgan fingerprint density at radius 1 is 1.19 bits per heavy atom. The van der Waals surface area contributed by atoms with Crippen molar-refractivity contribution in [1.29, 1.82) is 5.41 Å². The average molecular weight is 448 g/mol. The van der Waals surface area contributed by atoms with Crippen LogP contribution in [0.2, 0.25) is 0 Å². The summed E-state index contributed by atoms with van der Waals surface area (Å²) in [5.41, 5.74) is 3.34. The van der Waals surface area contributed by atoms with Gasteiger partial charge in [-0.05, 0) is 55.7 Å². The van der Waals surface area contributed by atoms with E-state index >= 15 is 0 Å². The summed E-state index contributed by atoms with van der Waals surface area (Å²) in [5, 5.41) is 25.0. The molecule has 0 aliphatic heterocycles. The number of nitrogens with one attached hydrogen (secondary N) is 5. The highest BCUT2D eigenvalue weighted by Gasteiger charge is 2.21. The highest BCUT2D eigenvalue weighted by Crippen LogP contribution is 2.09. The fourth-order valence-corrected chi connectivity index (χ4v) is 2.86. The number of hydrazine groups is 1. The van der Waals surface area contributed by atoms with Crippen molar-refractivity contribution in [3.8, 4) is 0 Å². The Morgan fingerprint density at radius 3 is 2.47 bits per heavy atom. The van der Waals surface area contributed by atoms with Crippen LogP contribution < -0.4 is 21.4 Å². The normalized spacial score (nSPS) is 11.5. The van der Waals surface area contributed by atoms with Crippen LogP contribution in [0.15, 0.2) is 24.3 Å². The Bertz CT molecular complexity index is 751. The number of nitrogens with zero attached hydrogens (tertiary/aromatic N) is 1. The molecule has 0 bridgehead atoms. The molecule has 10 heteroatoms. The van der Waals surface area contributed by atoms with Gasteiger partial charge in [-0.25, -0.2) is 10.1 Å². The molecule has 177 valence electrons. The SMILES string of the molecule is CCCCc1ccc(C(=O)N[C@@H](CCCNC(=N)N[N+](=O)[O-])C(=O)N[CH]CC(C)C)cc1. The lowest BCUT2D eigenvalue weighted by molar-refractivity contribution is -0.525. The standard InChI is InChI=1S/C22H35N6O4/c1-4-5-7-17-9-11-18(12-10-17)20(29)26-19(21(30)24-15-13-16(2)3)8-6-14-25-22(23)27-28(31)32/h9-12,15-16,19H,4-8,13-14H2,1-3H3,(H,24,30)(H,26,29)(H3,23,25,27)/t19-/m0/s1. The van der Waals surface area contributed by atoms with E-state index in [1.165, 1.54) is 0 Å². The monoisotopic (exact) mass is 447 g/mol. The zero-order valence-corrected chi connectivity index (χ0v) is 19.1. The lowest BCUT2D eigenvalue weighted by atomic mass is 10.1. The van der Waals surface area contributed by atoms with E-state index in [-0.39, 0.29) is 18.4 Å². The fraction of sp³-hybridized carbons (Fsp3) is 0.545. The molecule has 32 heavy (non-hydrogen) atoms. The second-order valence-electron chi connectivity index (χ2n) is 7.98. The molecular formula is C22H35N6O4. The number of carbonyl (C=O) groups is 2. The minimum atomic E-state index is -0.829. The zero-order valence-electron chi connectivity index (χ0n) is 19.1. The number of unbranched alkanes of at least 4 members (excludes halogenated alkanes) is 1. The highest BCUT2D eigenvalue weighted by molar-refractivity contribution is 5.97. The van der Waals surface area contributed by atoms with Gasteiger partial charge in [0.05, 0.1) is 0 Å². The van der Waals surface area contributed by atoms with Crippen LogP contribution in [0.4, 0.5) is 0 Å². The summed E-state index contributed by atoms with van der Waals surface area (Å²) < 4.78 is 0. The summed E-state index contributed by atoms with van der Waals surface area (Å²) in [5.74, 6) is -0.712. The second-order valence-corrected chi connectivity index (χ2v) is 7.98. The van der Waals surface area contributed by atoms with Crippen molar-refractivity contribution < 1.29 is 14.6 Å². The second kappa shape index (κ2) is 14.8. The van der Waals surface area contributed by atoms with Gasteiger partial charge in [0.25, 0.3) is 11.9 Å². The molecule has 1 aromatic rings. The van der Waals surface area contributed by atoms with E-state index in [0.29, 0.717) is 30.7 Å². The van der Waals surface area contributed by atoms with Crippen molar-refractivity contribution in [2.75, 3.05) is 6.54 Å².